The molecule has 2 aromatic heterocycles. The molecule has 1 amide bonds. The molecule has 1 aromatic carbocycles. The molecule has 10 heteroatoms. The topological polar surface area (TPSA) is 137 Å². The fourth-order valence-electron chi connectivity index (χ4n) is 2.71. The number of benzene rings is 1. The molecule has 0 aliphatic heterocycles. The number of anilines is 1. The number of aryl methyl sites for hydroxylation is 1. The summed E-state index contributed by atoms with van der Waals surface area (Å²) in [4.78, 5) is 12.7. The normalized spacial score (nSPS) is 11.6. The molecular weight excluding hydrogens is 360 g/mol. The van der Waals surface area contributed by atoms with E-state index in [0.717, 1.165) is 23.3 Å². The van der Waals surface area contributed by atoms with E-state index in [2.05, 4.69) is 35.8 Å². The van der Waals surface area contributed by atoms with Gasteiger partial charge in [0.05, 0.1) is 11.4 Å². The van der Waals surface area contributed by atoms with Gasteiger partial charge in [0.1, 0.15) is 0 Å². The first kappa shape index (κ1) is 19.2. The number of hydrogen-bond donors (Lipinski definition) is 2. The molecule has 0 unspecified atom stereocenters. The maximum Gasteiger partial charge on any atom is 0.293 e. The quantitative estimate of drug-likeness (QED) is 0.471. The molecule has 0 aliphatic rings. The molecule has 0 spiro atoms. The molecular formula is C18H22N8O2. The second-order valence-electron chi connectivity index (χ2n) is 6.24. The Morgan fingerprint density at radius 2 is 2.00 bits per heavy atom. The van der Waals surface area contributed by atoms with Crippen molar-refractivity contribution in [2.75, 3.05) is 5.73 Å². The summed E-state index contributed by atoms with van der Waals surface area (Å²) in [5.74, 6) is -0.185. The summed E-state index contributed by atoms with van der Waals surface area (Å²) in [6.45, 7) is 5.97. The van der Waals surface area contributed by atoms with Crippen molar-refractivity contribution in [1.29, 1.82) is 0 Å². The third-order valence-corrected chi connectivity index (χ3v) is 4.17. The van der Waals surface area contributed by atoms with Crippen molar-refractivity contribution in [3.05, 3.63) is 46.8 Å². The summed E-state index contributed by atoms with van der Waals surface area (Å²) in [7, 11) is 0. The lowest BCUT2D eigenvalue weighted by atomic mass is 10.1. The molecule has 2 heterocycles. The molecule has 0 fully saturated rings. The highest BCUT2D eigenvalue weighted by atomic mass is 16.6. The average Bonchev–Trinajstić information content (AvgIpc) is 3.29. The lowest BCUT2D eigenvalue weighted by Crippen LogP contribution is -2.22. The maximum atomic E-state index is 12.7. The van der Waals surface area contributed by atoms with Gasteiger partial charge >= 0.3 is 0 Å². The van der Waals surface area contributed by atoms with Crippen molar-refractivity contribution in [2.24, 2.45) is 5.10 Å². The van der Waals surface area contributed by atoms with Crippen LogP contribution < -0.4 is 11.2 Å². The number of carbonyl (C=O) groups is 1. The van der Waals surface area contributed by atoms with E-state index in [9.17, 15) is 4.79 Å². The van der Waals surface area contributed by atoms with Gasteiger partial charge in [0.15, 0.2) is 5.69 Å². The summed E-state index contributed by atoms with van der Waals surface area (Å²) >= 11 is 0. The van der Waals surface area contributed by atoms with Crippen LogP contribution in [0.2, 0.25) is 0 Å². The zero-order valence-corrected chi connectivity index (χ0v) is 16.0. The largest absolute Gasteiger partial charge is 0.378 e. The summed E-state index contributed by atoms with van der Waals surface area (Å²) in [5, 5.41) is 19.5. The minimum atomic E-state index is -0.456. The van der Waals surface area contributed by atoms with Gasteiger partial charge in [0.25, 0.3) is 5.91 Å². The Morgan fingerprint density at radius 3 is 2.61 bits per heavy atom. The second-order valence-corrected chi connectivity index (χ2v) is 6.24. The minimum Gasteiger partial charge on any atom is -0.378 e. The number of nitrogen functional groups attached to an aromatic ring is 1. The molecule has 0 saturated heterocycles. The van der Waals surface area contributed by atoms with Crippen LogP contribution in [0.3, 0.4) is 0 Å². The number of hydrogen-bond acceptors (Lipinski definition) is 8. The van der Waals surface area contributed by atoms with Gasteiger partial charge in [-0.15, -0.1) is 5.10 Å². The number of rotatable bonds is 7. The Labute approximate surface area is 161 Å². The molecule has 0 saturated carbocycles. The zero-order valence-electron chi connectivity index (χ0n) is 16.0. The molecule has 10 nitrogen and oxygen atoms in total. The molecule has 0 bridgehead atoms. The fraction of sp³-hybridized carbons (Fsp3) is 0.333. The number of carbonyl (C=O) groups excluding carboxylic acids is 1. The minimum absolute atomic E-state index is 0.0693. The van der Waals surface area contributed by atoms with Crippen LogP contribution in [0, 0.1) is 6.92 Å². The van der Waals surface area contributed by atoms with Crippen LogP contribution in [0.4, 0.5) is 5.82 Å². The van der Waals surface area contributed by atoms with Crippen molar-refractivity contribution in [3.8, 4) is 5.82 Å². The van der Waals surface area contributed by atoms with Crippen molar-refractivity contribution < 1.29 is 9.42 Å². The summed E-state index contributed by atoms with van der Waals surface area (Å²) in [6, 6.07) is 7.96. The van der Waals surface area contributed by atoms with Crippen LogP contribution in [0.1, 0.15) is 54.0 Å². The SMILES string of the molecule is CCCc1c(C(=O)NN=C(CC)c2ccc(C)cc2)nnn1-c1nonc1N. The molecule has 3 rings (SSSR count). The van der Waals surface area contributed by atoms with Crippen LogP contribution in [0.15, 0.2) is 34.0 Å². The Kier molecular flexibility index (Phi) is 5.78. The van der Waals surface area contributed by atoms with Crippen molar-refractivity contribution >= 4 is 17.4 Å². The van der Waals surface area contributed by atoms with Gasteiger partial charge in [-0.2, -0.15) is 9.78 Å². The van der Waals surface area contributed by atoms with E-state index in [1.807, 2.05) is 45.0 Å². The zero-order chi connectivity index (χ0) is 20.1. The number of nitrogens with two attached hydrogens (primary N) is 1. The highest BCUT2D eigenvalue weighted by molar-refractivity contribution is 6.02. The highest BCUT2D eigenvalue weighted by Gasteiger charge is 2.23. The third-order valence-electron chi connectivity index (χ3n) is 4.17. The predicted molar refractivity (Wildman–Crippen MR) is 103 cm³/mol. The van der Waals surface area contributed by atoms with Crippen molar-refractivity contribution in [3.63, 3.8) is 0 Å². The molecule has 3 aromatic rings. The second kappa shape index (κ2) is 8.42. The molecule has 3 N–H and O–H groups in total. The van der Waals surface area contributed by atoms with Crippen molar-refractivity contribution in [2.45, 2.75) is 40.0 Å². The first-order valence-electron chi connectivity index (χ1n) is 9.02. The standard InChI is InChI=1S/C18H22N8O2/c1-4-6-14-15(21-25-26(14)17-16(19)23-28-24-17)18(27)22-20-13(5-2)12-9-7-11(3)8-10-12/h7-10H,4-6H2,1-3H3,(H2,19,23)(H,22,27). The van der Waals surface area contributed by atoms with E-state index < -0.39 is 5.91 Å². The maximum absolute atomic E-state index is 12.7. The Morgan fingerprint density at radius 1 is 1.25 bits per heavy atom. The number of nitrogens with one attached hydrogen (secondary N) is 1. The predicted octanol–water partition coefficient (Wildman–Crippen LogP) is 2.04. The number of amides is 1. The van der Waals surface area contributed by atoms with Crippen LogP contribution in [-0.4, -0.2) is 36.9 Å². The lowest BCUT2D eigenvalue weighted by molar-refractivity contribution is 0.0948. The summed E-state index contributed by atoms with van der Waals surface area (Å²) in [5.41, 5.74) is 11.9. The highest BCUT2D eigenvalue weighted by Crippen LogP contribution is 2.17. The first-order chi connectivity index (χ1) is 13.5. The molecule has 28 heavy (non-hydrogen) atoms. The van der Waals surface area contributed by atoms with E-state index in [0.29, 0.717) is 18.5 Å². The summed E-state index contributed by atoms with van der Waals surface area (Å²) in [6.07, 6.45) is 1.98. The van der Waals surface area contributed by atoms with E-state index >= 15 is 0 Å². The van der Waals surface area contributed by atoms with Crippen LogP contribution in [0.5, 0.6) is 0 Å². The number of nitrogens with zero attached hydrogens (tertiary/aromatic N) is 6. The Hall–Kier alpha value is -3.56. The van der Waals surface area contributed by atoms with Crippen LogP contribution in [0.25, 0.3) is 5.82 Å². The van der Waals surface area contributed by atoms with E-state index in [4.69, 9.17) is 5.73 Å². The fourth-order valence-corrected chi connectivity index (χ4v) is 2.71. The van der Waals surface area contributed by atoms with E-state index in [1.165, 1.54) is 4.68 Å². The van der Waals surface area contributed by atoms with Gasteiger partial charge in [0, 0.05) is 0 Å². The Bertz CT molecular complexity index is 987. The Balaban J connectivity index is 1.87. The first-order valence-corrected chi connectivity index (χ1v) is 9.02. The summed E-state index contributed by atoms with van der Waals surface area (Å²) < 4.78 is 5.99. The molecule has 0 radical (unpaired) electrons. The van der Waals surface area contributed by atoms with Crippen molar-refractivity contribution in [1.82, 2.24) is 30.7 Å². The number of aromatic nitrogens is 5. The smallest absolute Gasteiger partial charge is 0.293 e. The lowest BCUT2D eigenvalue weighted by Gasteiger charge is -2.06. The number of hydrazone groups is 1. The average molecular weight is 382 g/mol. The van der Waals surface area contributed by atoms with Gasteiger partial charge in [-0.3, -0.25) is 4.79 Å². The van der Waals surface area contributed by atoms with E-state index in [-0.39, 0.29) is 17.3 Å². The van der Waals surface area contributed by atoms with Gasteiger partial charge in [0.2, 0.25) is 11.6 Å². The van der Waals surface area contributed by atoms with Crippen LogP contribution >= 0.6 is 0 Å². The molecule has 0 aliphatic carbocycles. The van der Waals surface area contributed by atoms with E-state index in [1.54, 1.807) is 0 Å². The molecule has 146 valence electrons. The van der Waals surface area contributed by atoms with Gasteiger partial charge in [-0.05, 0) is 35.6 Å². The van der Waals surface area contributed by atoms with Gasteiger partial charge < -0.3 is 5.73 Å². The monoisotopic (exact) mass is 382 g/mol. The third kappa shape index (κ3) is 3.90. The van der Waals surface area contributed by atoms with Crippen LogP contribution in [-0.2, 0) is 6.42 Å². The van der Waals surface area contributed by atoms with Gasteiger partial charge in [-0.25, -0.2) is 10.1 Å². The van der Waals surface area contributed by atoms with Gasteiger partial charge in [-0.1, -0.05) is 55.3 Å². The molecule has 0 atom stereocenters.